The number of hydrogen-bond donors (Lipinski definition) is 1. The van der Waals surface area contributed by atoms with Gasteiger partial charge < -0.3 is 5.32 Å². The average molecular weight is 268 g/mol. The summed E-state index contributed by atoms with van der Waals surface area (Å²) >= 11 is 6.26. The minimum atomic E-state index is -0.243. The highest BCUT2D eigenvalue weighted by atomic mass is 35.5. The molecule has 0 spiro atoms. The number of benzene rings is 1. The second-order valence-corrected chi connectivity index (χ2v) is 6.17. The first-order chi connectivity index (χ1) is 8.70. The van der Waals surface area contributed by atoms with Crippen molar-refractivity contribution in [3.63, 3.8) is 0 Å². The number of nitrogens with one attached hydrogen (secondary N) is 1. The summed E-state index contributed by atoms with van der Waals surface area (Å²) < 4.78 is 13.2. The molecule has 0 bridgehead atoms. The largest absolute Gasteiger partial charge is 0.313 e. The van der Waals surface area contributed by atoms with Crippen LogP contribution in [-0.2, 0) is 5.41 Å². The van der Waals surface area contributed by atoms with Crippen LogP contribution < -0.4 is 5.32 Å². The van der Waals surface area contributed by atoms with E-state index in [-0.39, 0.29) is 11.2 Å². The molecule has 0 heterocycles. The van der Waals surface area contributed by atoms with Crippen molar-refractivity contribution < 1.29 is 4.39 Å². The monoisotopic (exact) mass is 267 g/mol. The van der Waals surface area contributed by atoms with Crippen LogP contribution in [0.4, 0.5) is 4.39 Å². The van der Waals surface area contributed by atoms with Crippen LogP contribution in [0.1, 0.15) is 44.1 Å². The quantitative estimate of drug-likeness (QED) is 0.868. The lowest BCUT2D eigenvalue weighted by atomic mass is 9.78. The smallest absolute Gasteiger partial charge is 0.124 e. The SMILES string of the molecule is Fc1ccc(C2(CNC3CC3)CCCC2)c(Cl)c1. The van der Waals surface area contributed by atoms with Crippen molar-refractivity contribution in [2.75, 3.05) is 6.54 Å². The zero-order chi connectivity index (χ0) is 12.6. The topological polar surface area (TPSA) is 12.0 Å². The summed E-state index contributed by atoms with van der Waals surface area (Å²) in [7, 11) is 0. The van der Waals surface area contributed by atoms with Crippen molar-refractivity contribution in [1.82, 2.24) is 5.32 Å². The van der Waals surface area contributed by atoms with Crippen molar-refractivity contribution in [1.29, 1.82) is 0 Å². The van der Waals surface area contributed by atoms with Crippen molar-refractivity contribution in [2.45, 2.75) is 50.0 Å². The standard InChI is InChI=1S/C15H19ClFN/c16-14-9-11(17)3-6-13(14)15(7-1-2-8-15)10-18-12-4-5-12/h3,6,9,12,18H,1-2,4-5,7-8,10H2. The van der Waals surface area contributed by atoms with Gasteiger partial charge in [0.05, 0.1) is 0 Å². The maximum atomic E-state index is 13.2. The molecule has 2 aliphatic carbocycles. The van der Waals surface area contributed by atoms with E-state index in [1.807, 2.05) is 6.07 Å². The van der Waals surface area contributed by atoms with E-state index in [0.29, 0.717) is 11.1 Å². The van der Waals surface area contributed by atoms with Crippen LogP contribution in [0.25, 0.3) is 0 Å². The molecule has 18 heavy (non-hydrogen) atoms. The van der Waals surface area contributed by atoms with Crippen LogP contribution in [0.15, 0.2) is 18.2 Å². The zero-order valence-electron chi connectivity index (χ0n) is 10.5. The number of rotatable bonds is 4. The summed E-state index contributed by atoms with van der Waals surface area (Å²) in [6.45, 7) is 0.989. The van der Waals surface area contributed by atoms with Gasteiger partial charge in [0.2, 0.25) is 0 Å². The lowest BCUT2D eigenvalue weighted by Crippen LogP contribution is -2.37. The van der Waals surface area contributed by atoms with Crippen molar-refractivity contribution in [2.24, 2.45) is 0 Å². The molecule has 0 amide bonds. The van der Waals surface area contributed by atoms with Crippen molar-refractivity contribution in [3.05, 3.63) is 34.6 Å². The third-order valence-corrected chi connectivity index (χ3v) is 4.68. The zero-order valence-corrected chi connectivity index (χ0v) is 11.3. The van der Waals surface area contributed by atoms with Gasteiger partial charge in [-0.3, -0.25) is 0 Å². The molecule has 0 aliphatic heterocycles. The maximum Gasteiger partial charge on any atom is 0.124 e. The minimum absolute atomic E-state index is 0.132. The molecule has 1 N–H and O–H groups in total. The Morgan fingerprint density at radius 3 is 2.61 bits per heavy atom. The molecule has 1 nitrogen and oxygen atoms in total. The second kappa shape index (κ2) is 4.82. The van der Waals surface area contributed by atoms with E-state index in [2.05, 4.69) is 5.32 Å². The summed E-state index contributed by atoms with van der Waals surface area (Å²) in [5.41, 5.74) is 1.27. The molecule has 1 aromatic rings. The molecule has 0 radical (unpaired) electrons. The Balaban J connectivity index is 1.86. The van der Waals surface area contributed by atoms with Gasteiger partial charge in [-0.1, -0.05) is 30.5 Å². The predicted molar refractivity (Wildman–Crippen MR) is 72.6 cm³/mol. The van der Waals surface area contributed by atoms with E-state index in [0.717, 1.165) is 24.9 Å². The van der Waals surface area contributed by atoms with Gasteiger partial charge in [-0.25, -0.2) is 4.39 Å². The Morgan fingerprint density at radius 1 is 1.28 bits per heavy atom. The first kappa shape index (κ1) is 12.4. The molecule has 2 fully saturated rings. The third-order valence-electron chi connectivity index (χ3n) is 4.37. The third kappa shape index (κ3) is 2.41. The van der Waals surface area contributed by atoms with Crippen molar-refractivity contribution in [3.8, 4) is 0 Å². The molecule has 98 valence electrons. The fourth-order valence-corrected chi connectivity index (χ4v) is 3.51. The normalized spacial score (nSPS) is 22.3. The Kier molecular flexibility index (Phi) is 3.33. The van der Waals surface area contributed by atoms with Crippen LogP contribution in [0.5, 0.6) is 0 Å². The van der Waals surface area contributed by atoms with Crippen LogP contribution in [-0.4, -0.2) is 12.6 Å². The Morgan fingerprint density at radius 2 is 2.00 bits per heavy atom. The van der Waals surface area contributed by atoms with Crippen LogP contribution >= 0.6 is 11.6 Å². The van der Waals surface area contributed by atoms with E-state index in [1.165, 1.54) is 31.7 Å². The van der Waals surface area contributed by atoms with Gasteiger partial charge in [0.1, 0.15) is 5.82 Å². The summed E-state index contributed by atoms with van der Waals surface area (Å²) in [5, 5.41) is 4.22. The highest BCUT2D eigenvalue weighted by molar-refractivity contribution is 6.31. The minimum Gasteiger partial charge on any atom is -0.313 e. The number of hydrogen-bond acceptors (Lipinski definition) is 1. The molecule has 0 atom stereocenters. The lowest BCUT2D eigenvalue weighted by Gasteiger charge is -2.31. The predicted octanol–water partition coefficient (Wildman–Crippen LogP) is 4.04. The number of halogens is 2. The Labute approximate surface area is 113 Å². The summed E-state index contributed by atoms with van der Waals surface area (Å²) in [6, 6.07) is 5.59. The first-order valence-corrected chi connectivity index (χ1v) is 7.26. The van der Waals surface area contributed by atoms with E-state index < -0.39 is 0 Å². The maximum absolute atomic E-state index is 13.2. The second-order valence-electron chi connectivity index (χ2n) is 5.77. The van der Waals surface area contributed by atoms with Gasteiger partial charge in [0.15, 0.2) is 0 Å². The molecule has 0 aromatic heterocycles. The Bertz CT molecular complexity index is 436. The van der Waals surface area contributed by atoms with Crippen LogP contribution in [0.3, 0.4) is 0 Å². The molecule has 3 heteroatoms. The molecule has 1 aromatic carbocycles. The van der Waals surface area contributed by atoms with Gasteiger partial charge in [-0.15, -0.1) is 0 Å². The molecular weight excluding hydrogens is 249 g/mol. The molecule has 0 unspecified atom stereocenters. The first-order valence-electron chi connectivity index (χ1n) is 6.89. The molecule has 2 aliphatic rings. The lowest BCUT2D eigenvalue weighted by molar-refractivity contribution is 0.403. The molecular formula is C15H19ClFN. The van der Waals surface area contributed by atoms with Gasteiger partial charge in [-0.05, 0) is 43.4 Å². The Hall–Kier alpha value is -0.600. The highest BCUT2D eigenvalue weighted by Gasteiger charge is 2.38. The van der Waals surface area contributed by atoms with E-state index in [9.17, 15) is 4.39 Å². The fourth-order valence-electron chi connectivity index (χ4n) is 3.14. The summed E-state index contributed by atoms with van der Waals surface area (Å²) in [4.78, 5) is 0. The van der Waals surface area contributed by atoms with E-state index in [4.69, 9.17) is 11.6 Å². The van der Waals surface area contributed by atoms with E-state index in [1.54, 1.807) is 6.07 Å². The molecule has 0 saturated heterocycles. The average Bonchev–Trinajstić information content (AvgIpc) is 3.05. The molecule has 3 rings (SSSR count). The van der Waals surface area contributed by atoms with Crippen LogP contribution in [0.2, 0.25) is 5.02 Å². The van der Waals surface area contributed by atoms with Crippen molar-refractivity contribution >= 4 is 11.6 Å². The molecule has 2 saturated carbocycles. The van der Waals surface area contributed by atoms with Gasteiger partial charge in [0, 0.05) is 23.0 Å². The van der Waals surface area contributed by atoms with E-state index >= 15 is 0 Å². The van der Waals surface area contributed by atoms with Gasteiger partial charge in [-0.2, -0.15) is 0 Å². The fraction of sp³-hybridized carbons (Fsp3) is 0.600. The summed E-state index contributed by atoms with van der Waals surface area (Å²) in [6.07, 6.45) is 7.43. The van der Waals surface area contributed by atoms with Gasteiger partial charge in [0.25, 0.3) is 0 Å². The highest BCUT2D eigenvalue weighted by Crippen LogP contribution is 2.44. The van der Waals surface area contributed by atoms with Gasteiger partial charge >= 0.3 is 0 Å². The summed E-state index contributed by atoms with van der Waals surface area (Å²) in [5.74, 6) is -0.243. The van der Waals surface area contributed by atoms with Crippen LogP contribution in [0, 0.1) is 5.82 Å².